The van der Waals surface area contributed by atoms with Crippen molar-refractivity contribution in [1.82, 2.24) is 9.88 Å². The second kappa shape index (κ2) is 7.09. The van der Waals surface area contributed by atoms with E-state index >= 15 is 0 Å². The molecule has 1 atom stereocenters. The summed E-state index contributed by atoms with van der Waals surface area (Å²) in [5.41, 5.74) is 5.95. The summed E-state index contributed by atoms with van der Waals surface area (Å²) in [5.74, 6) is 0.777. The maximum absolute atomic E-state index is 12.6. The lowest BCUT2D eigenvalue weighted by Crippen LogP contribution is -2.29. The Morgan fingerprint density at radius 3 is 2.86 bits per heavy atom. The number of ether oxygens (including phenoxy) is 1. The number of hydrogen-bond donors (Lipinski definition) is 1. The van der Waals surface area contributed by atoms with E-state index in [-0.39, 0.29) is 5.91 Å². The van der Waals surface area contributed by atoms with Gasteiger partial charge in [0.1, 0.15) is 10.7 Å². The van der Waals surface area contributed by atoms with Crippen molar-refractivity contribution in [2.45, 2.75) is 20.3 Å². The molecular formula is C14H24N4O2S. The maximum Gasteiger partial charge on any atom is 0.267 e. The molecule has 0 aromatic carbocycles. The van der Waals surface area contributed by atoms with E-state index in [1.807, 2.05) is 4.90 Å². The molecule has 1 aromatic heterocycles. The first kappa shape index (κ1) is 16.0. The van der Waals surface area contributed by atoms with Gasteiger partial charge in [-0.05, 0) is 20.3 Å². The van der Waals surface area contributed by atoms with Gasteiger partial charge in [0.2, 0.25) is 0 Å². The van der Waals surface area contributed by atoms with Crippen molar-refractivity contribution in [3.8, 4) is 0 Å². The van der Waals surface area contributed by atoms with Gasteiger partial charge in [-0.1, -0.05) is 11.3 Å². The van der Waals surface area contributed by atoms with Gasteiger partial charge >= 0.3 is 0 Å². The molecule has 2 rings (SSSR count). The van der Waals surface area contributed by atoms with E-state index in [0.717, 1.165) is 37.7 Å². The van der Waals surface area contributed by atoms with Gasteiger partial charge in [-0.2, -0.15) is 0 Å². The van der Waals surface area contributed by atoms with Crippen molar-refractivity contribution in [2.75, 3.05) is 50.5 Å². The number of anilines is 2. The van der Waals surface area contributed by atoms with Crippen LogP contribution in [0.5, 0.6) is 0 Å². The molecule has 0 aliphatic carbocycles. The third-order valence-electron chi connectivity index (χ3n) is 3.85. The summed E-state index contributed by atoms with van der Waals surface area (Å²) in [5, 5.41) is 0.827. The maximum atomic E-state index is 12.6. The Morgan fingerprint density at radius 2 is 2.24 bits per heavy atom. The van der Waals surface area contributed by atoms with Crippen LogP contribution >= 0.6 is 11.3 Å². The van der Waals surface area contributed by atoms with Gasteiger partial charge in [-0.3, -0.25) is 4.79 Å². The molecule has 2 heterocycles. The van der Waals surface area contributed by atoms with Crippen LogP contribution in [0, 0.1) is 5.92 Å². The first-order valence-corrected chi connectivity index (χ1v) is 8.21. The van der Waals surface area contributed by atoms with Gasteiger partial charge < -0.3 is 20.3 Å². The number of rotatable bonds is 6. The standard InChI is InChI=1S/C14H24N4O2S/c1-4-17(5-2)14-16-12(15)11(21-14)13(19)18-7-6-10(8-18)9-20-3/h10H,4-9,15H2,1-3H3. The first-order chi connectivity index (χ1) is 10.1. The minimum atomic E-state index is 0.00186. The second-order valence-corrected chi connectivity index (χ2v) is 6.22. The monoisotopic (exact) mass is 312 g/mol. The van der Waals surface area contributed by atoms with Crippen LogP contribution in [-0.4, -0.2) is 55.7 Å². The van der Waals surface area contributed by atoms with Gasteiger partial charge in [-0.15, -0.1) is 0 Å². The Morgan fingerprint density at radius 1 is 1.52 bits per heavy atom. The quantitative estimate of drug-likeness (QED) is 0.865. The zero-order valence-electron chi connectivity index (χ0n) is 13.0. The average Bonchev–Trinajstić information content (AvgIpc) is 3.07. The molecule has 1 aliphatic rings. The number of likely N-dealkylation sites (tertiary alicyclic amines) is 1. The number of aromatic nitrogens is 1. The molecule has 0 spiro atoms. The number of methoxy groups -OCH3 is 1. The minimum absolute atomic E-state index is 0.00186. The van der Waals surface area contributed by atoms with Crippen LogP contribution in [0.3, 0.4) is 0 Å². The van der Waals surface area contributed by atoms with Crippen LogP contribution in [0.4, 0.5) is 10.9 Å². The van der Waals surface area contributed by atoms with E-state index in [2.05, 4.69) is 23.7 Å². The largest absolute Gasteiger partial charge is 0.384 e. The molecule has 0 radical (unpaired) electrons. The van der Waals surface area contributed by atoms with Crippen molar-refractivity contribution >= 4 is 28.2 Å². The first-order valence-electron chi connectivity index (χ1n) is 7.40. The Balaban J connectivity index is 2.09. The van der Waals surface area contributed by atoms with Crippen LogP contribution in [0.1, 0.15) is 29.9 Å². The molecule has 1 amide bonds. The van der Waals surface area contributed by atoms with Gasteiger partial charge in [0.25, 0.3) is 5.91 Å². The molecule has 7 heteroatoms. The highest BCUT2D eigenvalue weighted by Gasteiger charge is 2.29. The summed E-state index contributed by atoms with van der Waals surface area (Å²) in [4.78, 5) is 21.5. The topological polar surface area (TPSA) is 71.7 Å². The summed E-state index contributed by atoms with van der Waals surface area (Å²) in [6.45, 7) is 8.06. The lowest BCUT2D eigenvalue weighted by atomic mass is 10.1. The van der Waals surface area contributed by atoms with E-state index in [0.29, 0.717) is 23.2 Å². The lowest BCUT2D eigenvalue weighted by molar-refractivity contribution is 0.0781. The molecule has 1 fully saturated rings. The molecule has 2 N–H and O–H groups in total. The number of nitrogens with two attached hydrogens (primary N) is 1. The van der Waals surface area contributed by atoms with Crippen LogP contribution in [0.15, 0.2) is 0 Å². The highest BCUT2D eigenvalue weighted by molar-refractivity contribution is 7.18. The molecule has 0 saturated carbocycles. The van der Waals surface area contributed by atoms with Gasteiger partial charge in [0.05, 0.1) is 6.61 Å². The summed E-state index contributed by atoms with van der Waals surface area (Å²) < 4.78 is 5.17. The summed E-state index contributed by atoms with van der Waals surface area (Å²) >= 11 is 1.39. The predicted octanol–water partition coefficient (Wildman–Crippen LogP) is 1.68. The second-order valence-electron chi connectivity index (χ2n) is 5.24. The zero-order valence-corrected chi connectivity index (χ0v) is 13.8. The van der Waals surface area contributed by atoms with Crippen molar-refractivity contribution in [2.24, 2.45) is 5.92 Å². The smallest absolute Gasteiger partial charge is 0.267 e. The van der Waals surface area contributed by atoms with E-state index in [1.165, 1.54) is 11.3 Å². The fourth-order valence-electron chi connectivity index (χ4n) is 2.64. The van der Waals surface area contributed by atoms with E-state index in [9.17, 15) is 4.79 Å². The number of nitrogen functional groups attached to an aromatic ring is 1. The van der Waals surface area contributed by atoms with Crippen molar-refractivity contribution < 1.29 is 9.53 Å². The Kier molecular flexibility index (Phi) is 5.41. The average molecular weight is 312 g/mol. The van der Waals surface area contributed by atoms with Gasteiger partial charge in [0.15, 0.2) is 5.13 Å². The van der Waals surface area contributed by atoms with Crippen molar-refractivity contribution in [1.29, 1.82) is 0 Å². The van der Waals surface area contributed by atoms with Gasteiger partial charge in [-0.25, -0.2) is 4.98 Å². The summed E-state index contributed by atoms with van der Waals surface area (Å²) in [7, 11) is 1.70. The molecule has 21 heavy (non-hydrogen) atoms. The molecule has 1 saturated heterocycles. The number of thiazole rings is 1. The third kappa shape index (κ3) is 3.47. The number of nitrogens with zero attached hydrogens (tertiary/aromatic N) is 3. The summed E-state index contributed by atoms with van der Waals surface area (Å²) in [6.07, 6.45) is 0.987. The molecule has 6 nitrogen and oxygen atoms in total. The third-order valence-corrected chi connectivity index (χ3v) is 4.97. The Hall–Kier alpha value is -1.34. The Bertz CT molecular complexity index is 487. The molecular weight excluding hydrogens is 288 g/mol. The highest BCUT2D eigenvalue weighted by atomic mass is 32.1. The van der Waals surface area contributed by atoms with Crippen LogP contribution in [0.2, 0.25) is 0 Å². The molecule has 1 aliphatic heterocycles. The van der Waals surface area contributed by atoms with E-state index in [1.54, 1.807) is 7.11 Å². The van der Waals surface area contributed by atoms with Gasteiger partial charge in [0, 0.05) is 39.2 Å². The number of hydrogen-bond acceptors (Lipinski definition) is 6. The molecule has 1 unspecified atom stereocenters. The Labute approximate surface area is 129 Å². The molecule has 118 valence electrons. The fraction of sp³-hybridized carbons (Fsp3) is 0.714. The van der Waals surface area contributed by atoms with Crippen LogP contribution < -0.4 is 10.6 Å². The highest BCUT2D eigenvalue weighted by Crippen LogP contribution is 2.30. The van der Waals surface area contributed by atoms with Crippen LogP contribution in [-0.2, 0) is 4.74 Å². The van der Waals surface area contributed by atoms with Crippen LogP contribution in [0.25, 0.3) is 0 Å². The zero-order chi connectivity index (χ0) is 15.4. The molecule has 1 aromatic rings. The van der Waals surface area contributed by atoms with Crippen molar-refractivity contribution in [3.05, 3.63) is 4.88 Å². The molecule has 0 bridgehead atoms. The normalized spacial score (nSPS) is 18.2. The summed E-state index contributed by atoms with van der Waals surface area (Å²) in [6, 6.07) is 0. The predicted molar refractivity (Wildman–Crippen MR) is 86.0 cm³/mol. The van der Waals surface area contributed by atoms with E-state index < -0.39 is 0 Å². The van der Waals surface area contributed by atoms with E-state index in [4.69, 9.17) is 10.5 Å². The SMILES string of the molecule is CCN(CC)c1nc(N)c(C(=O)N2CCC(COC)C2)s1. The van der Waals surface area contributed by atoms with Crippen molar-refractivity contribution in [3.63, 3.8) is 0 Å². The number of amides is 1. The number of carbonyl (C=O) groups is 1. The number of carbonyl (C=O) groups excluding carboxylic acids is 1. The minimum Gasteiger partial charge on any atom is -0.384 e. The lowest BCUT2D eigenvalue weighted by Gasteiger charge is -2.17. The fourth-order valence-corrected chi connectivity index (χ4v) is 3.72.